The highest BCUT2D eigenvalue weighted by Crippen LogP contribution is 2.29. The molecule has 1 aromatic carbocycles. The van der Waals surface area contributed by atoms with Gasteiger partial charge in [-0.15, -0.1) is 0 Å². The van der Waals surface area contributed by atoms with E-state index in [1.165, 1.54) is 0 Å². The zero-order valence-electron chi connectivity index (χ0n) is 10.1. The third-order valence-electron chi connectivity index (χ3n) is 3.60. The second-order valence-electron chi connectivity index (χ2n) is 4.77. The average molecular weight is 264 g/mol. The number of nitrogens with one attached hydrogen (secondary N) is 1. The van der Waals surface area contributed by atoms with Gasteiger partial charge >= 0.3 is 0 Å². The molecule has 2 heterocycles. The van der Waals surface area contributed by atoms with Crippen LogP contribution in [-0.4, -0.2) is 18.4 Å². The van der Waals surface area contributed by atoms with Crippen LogP contribution in [0.4, 0.5) is 0 Å². The van der Waals surface area contributed by atoms with E-state index in [1.807, 2.05) is 19.1 Å². The van der Waals surface area contributed by atoms with Crippen molar-refractivity contribution < 1.29 is 9.21 Å². The minimum atomic E-state index is 0.00402. The summed E-state index contributed by atoms with van der Waals surface area (Å²) in [7, 11) is 0. The lowest BCUT2D eigenvalue weighted by Gasteiger charge is -2.11. The van der Waals surface area contributed by atoms with Crippen molar-refractivity contribution >= 4 is 28.4 Å². The van der Waals surface area contributed by atoms with Crippen LogP contribution in [0.2, 0.25) is 5.02 Å². The van der Waals surface area contributed by atoms with Gasteiger partial charge in [0.05, 0.1) is 5.02 Å². The summed E-state index contributed by atoms with van der Waals surface area (Å²) in [4.78, 5) is 12.4. The number of ketones is 1. The molecule has 0 radical (unpaired) electrons. The minimum Gasteiger partial charge on any atom is -0.451 e. The first-order valence-electron chi connectivity index (χ1n) is 6.12. The topological polar surface area (TPSA) is 42.2 Å². The molecule has 18 heavy (non-hydrogen) atoms. The molecule has 0 bridgehead atoms. The molecule has 2 unspecified atom stereocenters. The highest BCUT2D eigenvalue weighted by atomic mass is 35.5. The van der Waals surface area contributed by atoms with E-state index in [1.54, 1.807) is 12.1 Å². The molecule has 0 aliphatic carbocycles. The Balaban J connectivity index is 1.99. The molecule has 1 fully saturated rings. The molecular weight excluding hydrogens is 250 g/mol. The lowest BCUT2D eigenvalue weighted by atomic mass is 9.95. The molecule has 2 atom stereocenters. The summed E-state index contributed by atoms with van der Waals surface area (Å²) in [6.45, 7) is 2.92. The third kappa shape index (κ3) is 1.84. The molecule has 1 N–H and O–H groups in total. The van der Waals surface area contributed by atoms with Crippen molar-refractivity contribution in [2.24, 2.45) is 5.92 Å². The van der Waals surface area contributed by atoms with Gasteiger partial charge in [-0.1, -0.05) is 23.7 Å². The van der Waals surface area contributed by atoms with Crippen molar-refractivity contribution in [1.82, 2.24) is 5.32 Å². The third-order valence-corrected chi connectivity index (χ3v) is 3.90. The van der Waals surface area contributed by atoms with E-state index in [0.717, 1.165) is 18.4 Å². The Hall–Kier alpha value is -1.32. The van der Waals surface area contributed by atoms with Gasteiger partial charge in [0.25, 0.3) is 0 Å². The summed E-state index contributed by atoms with van der Waals surface area (Å²) in [5.74, 6) is 0.489. The van der Waals surface area contributed by atoms with Crippen molar-refractivity contribution in [2.45, 2.75) is 19.4 Å². The summed E-state index contributed by atoms with van der Waals surface area (Å²) >= 11 is 6.05. The summed E-state index contributed by atoms with van der Waals surface area (Å²) in [5, 5.41) is 4.70. The maximum absolute atomic E-state index is 12.4. The number of carbonyl (C=O) groups is 1. The van der Waals surface area contributed by atoms with E-state index in [-0.39, 0.29) is 17.7 Å². The molecule has 94 valence electrons. The standard InChI is InChI=1S/C14H14ClNO2/c1-8-10(5-6-16-8)13(17)12-7-9-3-2-4-11(15)14(9)18-12/h2-4,7-8,10,16H,5-6H2,1H3. The van der Waals surface area contributed by atoms with Crippen LogP contribution in [0.15, 0.2) is 28.7 Å². The number of para-hydroxylation sites is 1. The highest BCUT2D eigenvalue weighted by molar-refractivity contribution is 6.34. The maximum atomic E-state index is 12.4. The molecule has 0 amide bonds. The number of hydrogen-bond donors (Lipinski definition) is 1. The Bertz CT molecular complexity index is 605. The molecule has 0 spiro atoms. The van der Waals surface area contributed by atoms with Crippen molar-refractivity contribution in [3.63, 3.8) is 0 Å². The van der Waals surface area contributed by atoms with Crippen LogP contribution in [0.5, 0.6) is 0 Å². The molecule has 0 saturated carbocycles. The van der Waals surface area contributed by atoms with Gasteiger partial charge in [-0.2, -0.15) is 0 Å². The molecule has 4 heteroatoms. The van der Waals surface area contributed by atoms with Crippen LogP contribution < -0.4 is 5.32 Å². The van der Waals surface area contributed by atoms with E-state index in [2.05, 4.69) is 5.32 Å². The lowest BCUT2D eigenvalue weighted by molar-refractivity contribution is 0.0887. The fraction of sp³-hybridized carbons (Fsp3) is 0.357. The number of Topliss-reactive ketones (excluding diaryl/α,β-unsaturated/α-hetero) is 1. The van der Waals surface area contributed by atoms with Gasteiger partial charge in [-0.05, 0) is 32.0 Å². The van der Waals surface area contributed by atoms with Gasteiger partial charge in [0.2, 0.25) is 5.78 Å². The molecule has 1 aliphatic heterocycles. The Morgan fingerprint density at radius 1 is 1.50 bits per heavy atom. The zero-order valence-corrected chi connectivity index (χ0v) is 10.8. The monoisotopic (exact) mass is 263 g/mol. The number of rotatable bonds is 2. The lowest BCUT2D eigenvalue weighted by Crippen LogP contribution is -2.28. The van der Waals surface area contributed by atoms with E-state index >= 15 is 0 Å². The van der Waals surface area contributed by atoms with Crippen LogP contribution >= 0.6 is 11.6 Å². The number of fused-ring (bicyclic) bond motifs is 1. The van der Waals surface area contributed by atoms with Gasteiger partial charge in [0.15, 0.2) is 11.3 Å². The minimum absolute atomic E-state index is 0.00402. The predicted molar refractivity (Wildman–Crippen MR) is 71.1 cm³/mol. The van der Waals surface area contributed by atoms with E-state index < -0.39 is 0 Å². The molecule has 2 aromatic rings. The van der Waals surface area contributed by atoms with Crippen LogP contribution in [0.1, 0.15) is 23.9 Å². The second-order valence-corrected chi connectivity index (χ2v) is 5.18. The van der Waals surface area contributed by atoms with E-state index in [9.17, 15) is 4.79 Å². The Morgan fingerprint density at radius 3 is 3.00 bits per heavy atom. The summed E-state index contributed by atoms with van der Waals surface area (Å²) in [5.41, 5.74) is 0.598. The molecule has 3 rings (SSSR count). The van der Waals surface area contributed by atoms with Crippen LogP contribution in [0.25, 0.3) is 11.0 Å². The first-order chi connectivity index (χ1) is 8.66. The Morgan fingerprint density at radius 2 is 2.33 bits per heavy atom. The Kier molecular flexibility index (Phi) is 2.88. The second kappa shape index (κ2) is 4.41. The molecule has 1 aromatic heterocycles. The van der Waals surface area contributed by atoms with Gasteiger partial charge in [0.1, 0.15) is 0 Å². The highest BCUT2D eigenvalue weighted by Gasteiger charge is 2.32. The molecule has 3 nitrogen and oxygen atoms in total. The number of carbonyl (C=O) groups excluding carboxylic acids is 1. The number of benzene rings is 1. The van der Waals surface area contributed by atoms with Crippen molar-refractivity contribution in [1.29, 1.82) is 0 Å². The molecular formula is C14H14ClNO2. The average Bonchev–Trinajstić information content (AvgIpc) is 2.95. The van der Waals surface area contributed by atoms with Crippen molar-refractivity contribution in [3.8, 4) is 0 Å². The predicted octanol–water partition coefficient (Wildman–Crippen LogP) is 3.27. The number of halogens is 1. The van der Waals surface area contributed by atoms with Gasteiger partial charge in [0, 0.05) is 17.3 Å². The smallest absolute Gasteiger partial charge is 0.202 e. The van der Waals surface area contributed by atoms with Crippen LogP contribution in [0.3, 0.4) is 0 Å². The number of hydrogen-bond acceptors (Lipinski definition) is 3. The van der Waals surface area contributed by atoms with E-state index in [4.69, 9.17) is 16.0 Å². The molecule has 1 aliphatic rings. The maximum Gasteiger partial charge on any atom is 0.202 e. The largest absolute Gasteiger partial charge is 0.451 e. The van der Waals surface area contributed by atoms with Gasteiger partial charge in [-0.3, -0.25) is 4.79 Å². The number of furan rings is 1. The van der Waals surface area contributed by atoms with Crippen molar-refractivity contribution in [2.75, 3.05) is 6.54 Å². The van der Waals surface area contributed by atoms with Crippen molar-refractivity contribution in [3.05, 3.63) is 35.0 Å². The summed E-state index contributed by atoms with van der Waals surface area (Å²) in [6, 6.07) is 7.52. The van der Waals surface area contributed by atoms with Crippen LogP contribution in [0, 0.1) is 5.92 Å². The first-order valence-corrected chi connectivity index (χ1v) is 6.50. The summed E-state index contributed by atoms with van der Waals surface area (Å²) in [6.07, 6.45) is 0.866. The fourth-order valence-electron chi connectivity index (χ4n) is 2.55. The molecule has 1 saturated heterocycles. The Labute approximate surface area is 110 Å². The quantitative estimate of drug-likeness (QED) is 0.846. The first kappa shape index (κ1) is 11.8. The normalized spacial score (nSPS) is 23.7. The zero-order chi connectivity index (χ0) is 12.7. The SMILES string of the molecule is CC1NCCC1C(=O)c1cc2cccc(Cl)c2o1. The fourth-order valence-corrected chi connectivity index (χ4v) is 2.77. The van der Waals surface area contributed by atoms with Gasteiger partial charge < -0.3 is 9.73 Å². The van der Waals surface area contributed by atoms with Gasteiger partial charge in [-0.25, -0.2) is 0 Å². The van der Waals surface area contributed by atoms with Crippen LogP contribution in [-0.2, 0) is 0 Å². The van der Waals surface area contributed by atoms with E-state index in [0.29, 0.717) is 16.4 Å². The summed E-state index contributed by atoms with van der Waals surface area (Å²) < 4.78 is 5.61.